The molecule has 2 rings (SSSR count). The van der Waals surface area contributed by atoms with Gasteiger partial charge in [0.1, 0.15) is 0 Å². The summed E-state index contributed by atoms with van der Waals surface area (Å²) in [6, 6.07) is 8.72. The summed E-state index contributed by atoms with van der Waals surface area (Å²) in [4.78, 5) is 36.8. The highest BCUT2D eigenvalue weighted by atomic mass is 32.2. The van der Waals surface area contributed by atoms with Crippen LogP contribution in [0, 0.1) is 0 Å². The normalized spacial score (nSPS) is 15.9. The van der Waals surface area contributed by atoms with E-state index in [1.807, 2.05) is 6.07 Å². The molecule has 5 nitrogen and oxygen atoms in total. The predicted molar refractivity (Wildman–Crippen MR) is 80.4 cm³/mol. The SMILES string of the molecule is CC(OC(=O)CCN1CCSC1=O)C(=O)c1ccccc1. The highest BCUT2D eigenvalue weighted by molar-refractivity contribution is 8.13. The van der Waals surface area contributed by atoms with Crippen LogP contribution in [-0.2, 0) is 9.53 Å². The quantitative estimate of drug-likeness (QED) is 0.596. The van der Waals surface area contributed by atoms with Crippen LogP contribution in [0.25, 0.3) is 0 Å². The van der Waals surface area contributed by atoms with Crippen molar-refractivity contribution in [3.8, 4) is 0 Å². The number of amides is 1. The maximum atomic E-state index is 12.0. The second-order valence-electron chi connectivity index (χ2n) is 4.71. The third-order valence-corrected chi connectivity index (χ3v) is 4.06. The zero-order valence-electron chi connectivity index (χ0n) is 11.8. The molecule has 0 saturated carbocycles. The van der Waals surface area contributed by atoms with Crippen LogP contribution in [0.1, 0.15) is 23.7 Å². The fraction of sp³-hybridized carbons (Fsp3) is 0.400. The second-order valence-corrected chi connectivity index (χ2v) is 5.76. The van der Waals surface area contributed by atoms with Crippen LogP contribution in [0.15, 0.2) is 30.3 Å². The number of benzene rings is 1. The molecular weight excluding hydrogens is 290 g/mol. The molecule has 1 fully saturated rings. The minimum atomic E-state index is -0.816. The summed E-state index contributed by atoms with van der Waals surface area (Å²) < 4.78 is 5.13. The number of Topliss-reactive ketones (excluding diaryl/α,β-unsaturated/α-hetero) is 1. The molecule has 1 atom stereocenters. The minimum absolute atomic E-state index is 0.00351. The Labute approximate surface area is 127 Å². The van der Waals surface area contributed by atoms with Gasteiger partial charge in [-0.25, -0.2) is 0 Å². The number of hydrogen-bond donors (Lipinski definition) is 0. The van der Waals surface area contributed by atoms with E-state index < -0.39 is 12.1 Å². The van der Waals surface area contributed by atoms with Crippen molar-refractivity contribution in [2.24, 2.45) is 0 Å². The van der Waals surface area contributed by atoms with Gasteiger partial charge >= 0.3 is 5.97 Å². The van der Waals surface area contributed by atoms with E-state index in [1.54, 1.807) is 36.1 Å². The Morgan fingerprint density at radius 2 is 2.05 bits per heavy atom. The minimum Gasteiger partial charge on any atom is -0.454 e. The number of esters is 1. The van der Waals surface area contributed by atoms with Crippen LogP contribution in [0.4, 0.5) is 4.79 Å². The fourth-order valence-corrected chi connectivity index (χ4v) is 2.85. The molecule has 0 bridgehead atoms. The first-order valence-corrected chi connectivity index (χ1v) is 7.77. The predicted octanol–water partition coefficient (Wildman–Crippen LogP) is 2.36. The molecule has 1 aliphatic heterocycles. The van der Waals surface area contributed by atoms with Crippen molar-refractivity contribution in [2.75, 3.05) is 18.8 Å². The van der Waals surface area contributed by atoms with E-state index in [0.29, 0.717) is 18.7 Å². The Morgan fingerprint density at radius 1 is 1.33 bits per heavy atom. The summed E-state index contributed by atoms with van der Waals surface area (Å²) in [6.07, 6.45) is -0.706. The van der Waals surface area contributed by atoms with Crippen LogP contribution in [0.3, 0.4) is 0 Å². The number of nitrogens with zero attached hydrogens (tertiary/aromatic N) is 1. The van der Waals surface area contributed by atoms with Crippen molar-refractivity contribution in [3.05, 3.63) is 35.9 Å². The molecule has 0 N–H and O–H groups in total. The van der Waals surface area contributed by atoms with Crippen LogP contribution in [-0.4, -0.2) is 46.8 Å². The van der Waals surface area contributed by atoms with Gasteiger partial charge in [-0.1, -0.05) is 42.1 Å². The van der Waals surface area contributed by atoms with Gasteiger partial charge in [0, 0.05) is 24.4 Å². The molecule has 1 aromatic carbocycles. The lowest BCUT2D eigenvalue weighted by molar-refractivity contribution is -0.146. The van der Waals surface area contributed by atoms with Gasteiger partial charge in [-0.15, -0.1) is 0 Å². The molecule has 0 aromatic heterocycles. The standard InChI is InChI=1S/C15H17NO4S/c1-11(14(18)12-5-3-2-4-6-12)20-13(17)7-8-16-9-10-21-15(16)19/h2-6,11H,7-10H2,1H3. The number of ketones is 1. The van der Waals surface area contributed by atoms with Gasteiger partial charge in [0.2, 0.25) is 5.78 Å². The second kappa shape index (κ2) is 7.26. The summed E-state index contributed by atoms with van der Waals surface area (Å²) in [7, 11) is 0. The maximum Gasteiger partial charge on any atom is 0.308 e. The number of carbonyl (C=O) groups is 3. The largest absolute Gasteiger partial charge is 0.454 e. The number of ether oxygens (including phenoxy) is 1. The van der Waals surface area contributed by atoms with Crippen molar-refractivity contribution >= 4 is 28.8 Å². The summed E-state index contributed by atoms with van der Waals surface area (Å²) >= 11 is 1.25. The van der Waals surface area contributed by atoms with Gasteiger partial charge in [-0.2, -0.15) is 0 Å². The first-order valence-electron chi connectivity index (χ1n) is 6.78. The molecule has 21 heavy (non-hydrogen) atoms. The number of hydrogen-bond acceptors (Lipinski definition) is 5. The van der Waals surface area contributed by atoms with Gasteiger partial charge in [0.05, 0.1) is 6.42 Å². The van der Waals surface area contributed by atoms with Crippen LogP contribution >= 0.6 is 11.8 Å². The topological polar surface area (TPSA) is 63.7 Å². The summed E-state index contributed by atoms with van der Waals surface area (Å²) in [5.41, 5.74) is 0.518. The van der Waals surface area contributed by atoms with Crippen molar-refractivity contribution < 1.29 is 19.1 Å². The average molecular weight is 307 g/mol. The van der Waals surface area contributed by atoms with Crippen molar-refractivity contribution in [1.29, 1.82) is 0 Å². The Morgan fingerprint density at radius 3 is 2.67 bits per heavy atom. The summed E-state index contributed by atoms with van der Waals surface area (Å²) in [5.74, 6) is 0.0739. The molecule has 1 aromatic rings. The van der Waals surface area contributed by atoms with E-state index in [4.69, 9.17) is 4.74 Å². The van der Waals surface area contributed by atoms with E-state index in [1.165, 1.54) is 11.8 Å². The summed E-state index contributed by atoms with van der Waals surface area (Å²) in [5, 5.41) is -0.00351. The Balaban J connectivity index is 1.79. The Kier molecular flexibility index (Phi) is 5.38. The van der Waals surface area contributed by atoms with Gasteiger partial charge in [0.15, 0.2) is 6.10 Å². The molecule has 0 aliphatic carbocycles. The lowest BCUT2D eigenvalue weighted by Crippen LogP contribution is -2.29. The van der Waals surface area contributed by atoms with Crippen LogP contribution in [0.2, 0.25) is 0 Å². The molecule has 1 unspecified atom stereocenters. The Hall–Kier alpha value is -1.82. The van der Waals surface area contributed by atoms with Crippen molar-refractivity contribution in [3.63, 3.8) is 0 Å². The van der Waals surface area contributed by atoms with Gasteiger partial charge in [0.25, 0.3) is 5.24 Å². The zero-order valence-corrected chi connectivity index (χ0v) is 12.6. The third-order valence-electron chi connectivity index (χ3n) is 3.17. The van der Waals surface area contributed by atoms with Crippen molar-refractivity contribution in [2.45, 2.75) is 19.4 Å². The van der Waals surface area contributed by atoms with E-state index in [-0.39, 0.29) is 17.4 Å². The summed E-state index contributed by atoms with van der Waals surface area (Å²) in [6.45, 7) is 2.57. The van der Waals surface area contributed by atoms with E-state index >= 15 is 0 Å². The monoisotopic (exact) mass is 307 g/mol. The van der Waals surface area contributed by atoms with Crippen molar-refractivity contribution in [1.82, 2.24) is 4.90 Å². The maximum absolute atomic E-state index is 12.0. The zero-order chi connectivity index (χ0) is 15.2. The smallest absolute Gasteiger partial charge is 0.308 e. The molecular formula is C15H17NO4S. The highest BCUT2D eigenvalue weighted by Gasteiger charge is 2.23. The molecule has 1 amide bonds. The molecule has 1 heterocycles. The average Bonchev–Trinajstić information content (AvgIpc) is 2.90. The van der Waals surface area contributed by atoms with E-state index in [2.05, 4.69) is 0 Å². The molecule has 112 valence electrons. The van der Waals surface area contributed by atoms with Gasteiger partial charge in [-0.05, 0) is 6.92 Å². The van der Waals surface area contributed by atoms with Crippen LogP contribution < -0.4 is 0 Å². The van der Waals surface area contributed by atoms with E-state index in [9.17, 15) is 14.4 Å². The molecule has 0 spiro atoms. The molecule has 6 heteroatoms. The highest BCUT2D eigenvalue weighted by Crippen LogP contribution is 2.17. The van der Waals surface area contributed by atoms with Crippen LogP contribution in [0.5, 0.6) is 0 Å². The number of rotatable bonds is 6. The first kappa shape index (κ1) is 15.6. The van der Waals surface area contributed by atoms with Gasteiger partial charge < -0.3 is 9.64 Å². The Bertz CT molecular complexity index is 532. The first-order chi connectivity index (χ1) is 10.1. The fourth-order valence-electron chi connectivity index (χ4n) is 2.00. The molecule has 0 radical (unpaired) electrons. The van der Waals surface area contributed by atoms with E-state index in [0.717, 1.165) is 5.75 Å². The number of thioether (sulfide) groups is 1. The molecule has 1 saturated heterocycles. The third kappa shape index (κ3) is 4.32. The lowest BCUT2D eigenvalue weighted by Gasteiger charge is -2.15. The lowest BCUT2D eigenvalue weighted by atomic mass is 10.1. The van der Waals surface area contributed by atoms with Gasteiger partial charge in [-0.3, -0.25) is 14.4 Å². The number of carbonyl (C=O) groups excluding carboxylic acids is 3. The molecule has 1 aliphatic rings.